The average molecular weight is 231 g/mol. The Morgan fingerprint density at radius 1 is 1.33 bits per heavy atom. The molecule has 0 rings (SSSR count). The summed E-state index contributed by atoms with van der Waals surface area (Å²) in [6.45, 7) is 5.25. The molecule has 4 nitrogen and oxygen atoms in total. The van der Waals surface area contributed by atoms with Crippen molar-refractivity contribution in [3.05, 3.63) is 0 Å². The maximum absolute atomic E-state index is 11.4. The first-order valence-corrected chi connectivity index (χ1v) is 5.91. The van der Waals surface area contributed by atoms with Gasteiger partial charge in [0.2, 0.25) is 5.91 Å². The number of rotatable bonds is 6. The van der Waals surface area contributed by atoms with Gasteiger partial charge in [-0.25, -0.2) is 0 Å². The molecule has 0 fully saturated rings. The van der Waals surface area contributed by atoms with E-state index in [1.54, 1.807) is 13.8 Å². The second kappa shape index (κ2) is 7.45. The van der Waals surface area contributed by atoms with Crippen molar-refractivity contribution in [3.63, 3.8) is 0 Å². The molecule has 1 amide bonds. The molecule has 0 aliphatic heterocycles. The van der Waals surface area contributed by atoms with Crippen LogP contribution < -0.4 is 5.32 Å². The Bertz CT molecular complexity index is 253. The highest BCUT2D eigenvalue weighted by Crippen LogP contribution is 2.12. The van der Waals surface area contributed by atoms with Gasteiger partial charge in [-0.3, -0.25) is 14.4 Å². The second-order valence-electron chi connectivity index (χ2n) is 3.19. The van der Waals surface area contributed by atoms with Crippen LogP contribution in [0.2, 0.25) is 0 Å². The van der Waals surface area contributed by atoms with Crippen molar-refractivity contribution in [2.24, 2.45) is 5.92 Å². The van der Waals surface area contributed by atoms with Gasteiger partial charge in [0.25, 0.3) is 0 Å². The maximum atomic E-state index is 11.4. The van der Waals surface area contributed by atoms with Crippen LogP contribution in [0.5, 0.6) is 0 Å². The lowest BCUT2D eigenvalue weighted by atomic mass is 10.1. The number of hydrogen-bond donors (Lipinski definition) is 1. The number of carbonyl (C=O) groups is 3. The van der Waals surface area contributed by atoms with Crippen LogP contribution in [0.4, 0.5) is 0 Å². The number of thioether (sulfide) groups is 1. The van der Waals surface area contributed by atoms with E-state index in [1.807, 2.05) is 0 Å². The number of Topliss-reactive ketones (excluding diaryl/α,β-unsaturated/α-hetero) is 1. The van der Waals surface area contributed by atoms with E-state index in [9.17, 15) is 14.4 Å². The van der Waals surface area contributed by atoms with Gasteiger partial charge in [0.15, 0.2) is 5.12 Å². The standard InChI is InChI=1S/C10H17NO3S/c1-4-9(13)7(2)10(14)15-6-5-11-8(3)12/h7H,4-6H2,1-3H3,(H,11,12)/t7-/m0/s1. The van der Waals surface area contributed by atoms with Gasteiger partial charge < -0.3 is 5.32 Å². The molecule has 1 atom stereocenters. The van der Waals surface area contributed by atoms with Crippen LogP contribution in [0.1, 0.15) is 27.2 Å². The smallest absolute Gasteiger partial charge is 0.216 e. The molecule has 0 unspecified atom stereocenters. The van der Waals surface area contributed by atoms with Gasteiger partial charge in [-0.05, 0) is 6.92 Å². The van der Waals surface area contributed by atoms with Gasteiger partial charge in [0.05, 0.1) is 5.92 Å². The van der Waals surface area contributed by atoms with E-state index < -0.39 is 5.92 Å². The first kappa shape index (κ1) is 14.2. The summed E-state index contributed by atoms with van der Waals surface area (Å²) in [4.78, 5) is 33.1. The summed E-state index contributed by atoms with van der Waals surface area (Å²) in [5.74, 6) is -0.162. The van der Waals surface area contributed by atoms with Gasteiger partial charge in [-0.1, -0.05) is 18.7 Å². The van der Waals surface area contributed by atoms with Crippen LogP contribution in [0.25, 0.3) is 0 Å². The van der Waals surface area contributed by atoms with Crippen LogP contribution in [-0.2, 0) is 14.4 Å². The normalized spacial score (nSPS) is 11.9. The maximum Gasteiger partial charge on any atom is 0.216 e. The van der Waals surface area contributed by atoms with Gasteiger partial charge in [-0.15, -0.1) is 0 Å². The van der Waals surface area contributed by atoms with Crippen LogP contribution >= 0.6 is 11.8 Å². The molecule has 0 aliphatic rings. The summed E-state index contributed by atoms with van der Waals surface area (Å²) in [5.41, 5.74) is 0. The molecule has 0 heterocycles. The lowest BCUT2D eigenvalue weighted by Gasteiger charge is -2.07. The van der Waals surface area contributed by atoms with E-state index in [4.69, 9.17) is 0 Å². The summed E-state index contributed by atoms with van der Waals surface area (Å²) in [6, 6.07) is 0. The molecule has 0 aromatic carbocycles. The van der Waals surface area contributed by atoms with E-state index in [0.29, 0.717) is 18.7 Å². The fraction of sp³-hybridized carbons (Fsp3) is 0.700. The minimum atomic E-state index is -0.530. The minimum absolute atomic E-state index is 0.0352. The Morgan fingerprint density at radius 2 is 1.93 bits per heavy atom. The molecule has 0 bridgehead atoms. The Balaban J connectivity index is 3.74. The summed E-state index contributed by atoms with van der Waals surface area (Å²) in [5, 5.41) is 2.47. The summed E-state index contributed by atoms with van der Waals surface area (Å²) < 4.78 is 0. The molecule has 0 saturated carbocycles. The lowest BCUT2D eigenvalue weighted by molar-refractivity contribution is -0.127. The molecular formula is C10H17NO3S. The predicted molar refractivity (Wildman–Crippen MR) is 60.6 cm³/mol. The molecule has 15 heavy (non-hydrogen) atoms. The third-order valence-corrected chi connectivity index (χ3v) is 2.95. The average Bonchev–Trinajstić information content (AvgIpc) is 2.21. The minimum Gasteiger partial charge on any atom is -0.356 e. The first-order valence-electron chi connectivity index (χ1n) is 4.92. The van der Waals surface area contributed by atoms with Crippen LogP contribution in [-0.4, -0.2) is 29.1 Å². The van der Waals surface area contributed by atoms with E-state index in [1.165, 1.54) is 6.92 Å². The zero-order valence-corrected chi connectivity index (χ0v) is 10.1. The summed E-state index contributed by atoms with van der Waals surface area (Å²) in [6.07, 6.45) is 0.388. The molecule has 0 radical (unpaired) electrons. The Labute approximate surface area is 94.2 Å². The highest BCUT2D eigenvalue weighted by molar-refractivity contribution is 8.13. The molecule has 0 aromatic rings. The fourth-order valence-electron chi connectivity index (χ4n) is 0.941. The first-order chi connectivity index (χ1) is 6.99. The zero-order valence-electron chi connectivity index (χ0n) is 9.33. The lowest BCUT2D eigenvalue weighted by Crippen LogP contribution is -2.24. The molecule has 0 spiro atoms. The highest BCUT2D eigenvalue weighted by atomic mass is 32.2. The number of carbonyl (C=O) groups excluding carboxylic acids is 3. The second-order valence-corrected chi connectivity index (χ2v) is 4.29. The van der Waals surface area contributed by atoms with Crippen molar-refractivity contribution in [3.8, 4) is 0 Å². The van der Waals surface area contributed by atoms with E-state index in [2.05, 4.69) is 5.32 Å². The molecule has 1 N–H and O–H groups in total. The predicted octanol–water partition coefficient (Wildman–Crippen LogP) is 0.998. The van der Waals surface area contributed by atoms with E-state index in [-0.39, 0.29) is 16.8 Å². The topological polar surface area (TPSA) is 63.2 Å². The quantitative estimate of drug-likeness (QED) is 0.547. The van der Waals surface area contributed by atoms with E-state index >= 15 is 0 Å². The number of amides is 1. The van der Waals surface area contributed by atoms with Crippen LogP contribution in [0.3, 0.4) is 0 Å². The summed E-state index contributed by atoms with van der Waals surface area (Å²) >= 11 is 1.10. The zero-order chi connectivity index (χ0) is 11.8. The molecular weight excluding hydrogens is 214 g/mol. The number of nitrogens with one attached hydrogen (secondary N) is 1. The molecule has 5 heteroatoms. The van der Waals surface area contributed by atoms with E-state index in [0.717, 1.165) is 11.8 Å². The largest absolute Gasteiger partial charge is 0.356 e. The third kappa shape index (κ3) is 6.28. The Morgan fingerprint density at radius 3 is 2.40 bits per heavy atom. The van der Waals surface area contributed by atoms with Crippen LogP contribution in [0.15, 0.2) is 0 Å². The van der Waals surface area contributed by atoms with Gasteiger partial charge in [-0.2, -0.15) is 0 Å². The fourth-order valence-corrected chi connectivity index (χ4v) is 1.73. The van der Waals surface area contributed by atoms with Crippen molar-refractivity contribution in [2.45, 2.75) is 27.2 Å². The van der Waals surface area contributed by atoms with Gasteiger partial charge >= 0.3 is 0 Å². The number of ketones is 1. The highest BCUT2D eigenvalue weighted by Gasteiger charge is 2.19. The van der Waals surface area contributed by atoms with Gasteiger partial charge in [0.1, 0.15) is 5.78 Å². The molecule has 86 valence electrons. The Hall–Kier alpha value is -0.840. The van der Waals surface area contributed by atoms with Crippen molar-refractivity contribution in [1.29, 1.82) is 0 Å². The molecule has 0 saturated heterocycles. The third-order valence-electron chi connectivity index (χ3n) is 1.91. The number of hydrogen-bond acceptors (Lipinski definition) is 4. The monoisotopic (exact) mass is 231 g/mol. The van der Waals surface area contributed by atoms with Crippen LogP contribution in [0, 0.1) is 5.92 Å². The molecule has 0 aromatic heterocycles. The Kier molecular flexibility index (Phi) is 7.03. The van der Waals surface area contributed by atoms with Crippen molar-refractivity contribution < 1.29 is 14.4 Å². The van der Waals surface area contributed by atoms with Crippen molar-refractivity contribution >= 4 is 28.6 Å². The van der Waals surface area contributed by atoms with Gasteiger partial charge in [0, 0.05) is 25.6 Å². The van der Waals surface area contributed by atoms with Crippen molar-refractivity contribution in [2.75, 3.05) is 12.3 Å². The summed E-state index contributed by atoms with van der Waals surface area (Å²) in [7, 11) is 0. The SMILES string of the molecule is CCC(=O)[C@H](C)C(=O)SCCNC(C)=O. The molecule has 0 aliphatic carbocycles. The van der Waals surface area contributed by atoms with Crippen molar-refractivity contribution in [1.82, 2.24) is 5.32 Å².